The highest BCUT2D eigenvalue weighted by Gasteiger charge is 2.15. The SMILES string of the molecule is CC(C)c1nc2cc3ccccc3cc2nc1-c1ccc(-c2ccccc2)cc1. The largest absolute Gasteiger partial charge is 0.249 e. The Morgan fingerprint density at radius 1 is 0.552 bits per heavy atom. The number of rotatable bonds is 3. The maximum atomic E-state index is 5.06. The standard InChI is InChI=1S/C27H22N2/c1-18(2)26-27(21-14-12-20(13-15-21)19-8-4-3-5-9-19)29-25-17-23-11-7-6-10-22(23)16-24(25)28-26/h3-18H,1-2H3. The molecule has 0 atom stereocenters. The van der Waals surface area contributed by atoms with Gasteiger partial charge in [0, 0.05) is 5.56 Å². The number of hydrogen-bond donors (Lipinski definition) is 0. The molecule has 0 N–H and O–H groups in total. The van der Waals surface area contributed by atoms with Gasteiger partial charge in [-0.05, 0) is 39.9 Å². The molecule has 0 bridgehead atoms. The van der Waals surface area contributed by atoms with Crippen LogP contribution in [0.5, 0.6) is 0 Å². The Balaban J connectivity index is 1.66. The second kappa shape index (κ2) is 7.14. The Labute approximate surface area is 170 Å². The summed E-state index contributed by atoms with van der Waals surface area (Å²) in [7, 11) is 0. The lowest BCUT2D eigenvalue weighted by Crippen LogP contribution is -2.01. The molecule has 0 radical (unpaired) electrons. The molecule has 0 aliphatic rings. The highest BCUT2D eigenvalue weighted by Crippen LogP contribution is 2.31. The molecule has 29 heavy (non-hydrogen) atoms. The van der Waals surface area contributed by atoms with Gasteiger partial charge in [-0.3, -0.25) is 0 Å². The summed E-state index contributed by atoms with van der Waals surface area (Å²) in [6.07, 6.45) is 0. The van der Waals surface area contributed by atoms with Gasteiger partial charge in [-0.1, -0.05) is 92.7 Å². The molecule has 0 saturated heterocycles. The number of aromatic nitrogens is 2. The second-order valence-corrected chi connectivity index (χ2v) is 7.74. The first-order chi connectivity index (χ1) is 14.2. The summed E-state index contributed by atoms with van der Waals surface area (Å²) in [6.45, 7) is 4.36. The summed E-state index contributed by atoms with van der Waals surface area (Å²) in [6, 6.07) is 31.8. The first-order valence-corrected chi connectivity index (χ1v) is 10.1. The van der Waals surface area contributed by atoms with Gasteiger partial charge in [0.1, 0.15) is 0 Å². The predicted octanol–water partition coefficient (Wildman–Crippen LogP) is 7.24. The minimum absolute atomic E-state index is 0.294. The zero-order valence-electron chi connectivity index (χ0n) is 16.6. The molecule has 1 aromatic heterocycles. The molecule has 4 aromatic carbocycles. The molecule has 1 heterocycles. The monoisotopic (exact) mass is 374 g/mol. The quantitative estimate of drug-likeness (QED) is 0.311. The van der Waals surface area contributed by atoms with Gasteiger partial charge in [-0.2, -0.15) is 0 Å². The minimum atomic E-state index is 0.294. The molecule has 5 rings (SSSR count). The summed E-state index contributed by atoms with van der Waals surface area (Å²) in [4.78, 5) is 10.1. The normalized spacial score (nSPS) is 11.4. The van der Waals surface area contributed by atoms with Gasteiger partial charge in [0.05, 0.1) is 22.4 Å². The van der Waals surface area contributed by atoms with Crippen molar-refractivity contribution in [1.29, 1.82) is 0 Å². The Kier molecular flexibility index (Phi) is 4.33. The van der Waals surface area contributed by atoms with E-state index in [1.807, 2.05) is 6.07 Å². The van der Waals surface area contributed by atoms with E-state index in [0.29, 0.717) is 5.92 Å². The Bertz CT molecular complexity index is 1300. The summed E-state index contributed by atoms with van der Waals surface area (Å²) in [5, 5.41) is 2.39. The molecular weight excluding hydrogens is 352 g/mol. The molecule has 0 unspecified atom stereocenters. The van der Waals surface area contributed by atoms with Gasteiger partial charge in [0.25, 0.3) is 0 Å². The first kappa shape index (κ1) is 17.6. The molecule has 0 amide bonds. The van der Waals surface area contributed by atoms with Crippen LogP contribution in [0.2, 0.25) is 0 Å². The zero-order chi connectivity index (χ0) is 19.8. The van der Waals surface area contributed by atoms with Crippen molar-refractivity contribution in [2.24, 2.45) is 0 Å². The van der Waals surface area contributed by atoms with Gasteiger partial charge >= 0.3 is 0 Å². The van der Waals surface area contributed by atoms with Gasteiger partial charge in [-0.25, -0.2) is 9.97 Å². The Morgan fingerprint density at radius 3 is 1.69 bits per heavy atom. The number of hydrogen-bond acceptors (Lipinski definition) is 2. The third-order valence-electron chi connectivity index (χ3n) is 5.37. The van der Waals surface area contributed by atoms with Crippen molar-refractivity contribution in [2.75, 3.05) is 0 Å². The highest BCUT2D eigenvalue weighted by atomic mass is 14.8. The van der Waals surface area contributed by atoms with E-state index < -0.39 is 0 Å². The average molecular weight is 374 g/mol. The van der Waals surface area contributed by atoms with Gasteiger partial charge in [-0.15, -0.1) is 0 Å². The fourth-order valence-corrected chi connectivity index (χ4v) is 3.82. The smallest absolute Gasteiger partial charge is 0.0927 e. The van der Waals surface area contributed by atoms with E-state index in [4.69, 9.17) is 9.97 Å². The third-order valence-corrected chi connectivity index (χ3v) is 5.37. The van der Waals surface area contributed by atoms with Crippen LogP contribution in [-0.4, -0.2) is 9.97 Å². The lowest BCUT2D eigenvalue weighted by Gasteiger charge is -2.14. The van der Waals surface area contributed by atoms with Crippen LogP contribution in [0.4, 0.5) is 0 Å². The summed E-state index contributed by atoms with van der Waals surface area (Å²) >= 11 is 0. The maximum Gasteiger partial charge on any atom is 0.0927 e. The third kappa shape index (κ3) is 3.27. The summed E-state index contributed by atoms with van der Waals surface area (Å²) in [5.41, 5.74) is 7.45. The topological polar surface area (TPSA) is 25.8 Å². The van der Waals surface area contributed by atoms with Crippen molar-refractivity contribution >= 4 is 21.8 Å². The minimum Gasteiger partial charge on any atom is -0.249 e. The van der Waals surface area contributed by atoms with Gasteiger partial charge in [0.2, 0.25) is 0 Å². The van der Waals surface area contributed by atoms with E-state index in [-0.39, 0.29) is 0 Å². The van der Waals surface area contributed by atoms with E-state index in [1.165, 1.54) is 21.9 Å². The summed E-state index contributed by atoms with van der Waals surface area (Å²) < 4.78 is 0. The molecule has 140 valence electrons. The molecule has 0 aliphatic heterocycles. The van der Waals surface area contributed by atoms with Crippen LogP contribution in [0.1, 0.15) is 25.5 Å². The predicted molar refractivity (Wildman–Crippen MR) is 122 cm³/mol. The van der Waals surface area contributed by atoms with Crippen molar-refractivity contribution in [1.82, 2.24) is 9.97 Å². The first-order valence-electron chi connectivity index (χ1n) is 10.1. The Morgan fingerprint density at radius 2 is 1.07 bits per heavy atom. The lowest BCUT2D eigenvalue weighted by atomic mass is 9.98. The Hall–Kier alpha value is -3.52. The van der Waals surface area contributed by atoms with Crippen LogP contribution in [0.25, 0.3) is 44.2 Å². The van der Waals surface area contributed by atoms with Crippen molar-refractivity contribution in [3.05, 3.63) is 96.7 Å². The van der Waals surface area contributed by atoms with E-state index >= 15 is 0 Å². The van der Waals surface area contributed by atoms with Crippen LogP contribution in [-0.2, 0) is 0 Å². The van der Waals surface area contributed by atoms with Crippen molar-refractivity contribution in [2.45, 2.75) is 19.8 Å². The summed E-state index contributed by atoms with van der Waals surface area (Å²) in [5.74, 6) is 0.294. The van der Waals surface area contributed by atoms with Crippen LogP contribution in [0.15, 0.2) is 91.0 Å². The van der Waals surface area contributed by atoms with E-state index in [9.17, 15) is 0 Å². The zero-order valence-corrected chi connectivity index (χ0v) is 16.6. The van der Waals surface area contributed by atoms with Gasteiger partial charge in [0.15, 0.2) is 0 Å². The second-order valence-electron chi connectivity index (χ2n) is 7.74. The molecule has 0 fully saturated rings. The number of nitrogens with zero attached hydrogens (tertiary/aromatic N) is 2. The van der Waals surface area contributed by atoms with E-state index in [1.54, 1.807) is 0 Å². The van der Waals surface area contributed by atoms with Crippen LogP contribution in [0, 0.1) is 0 Å². The highest BCUT2D eigenvalue weighted by molar-refractivity contribution is 5.95. The van der Waals surface area contributed by atoms with Crippen LogP contribution in [0.3, 0.4) is 0 Å². The number of fused-ring (bicyclic) bond motifs is 2. The van der Waals surface area contributed by atoms with Gasteiger partial charge < -0.3 is 0 Å². The molecule has 0 saturated carbocycles. The fraction of sp³-hybridized carbons (Fsp3) is 0.111. The molecule has 0 aliphatic carbocycles. The van der Waals surface area contributed by atoms with E-state index in [0.717, 1.165) is 28.0 Å². The molecule has 2 heteroatoms. The van der Waals surface area contributed by atoms with Crippen LogP contribution >= 0.6 is 0 Å². The molecule has 2 nitrogen and oxygen atoms in total. The maximum absolute atomic E-state index is 5.06. The number of benzene rings is 4. The fourth-order valence-electron chi connectivity index (χ4n) is 3.82. The van der Waals surface area contributed by atoms with E-state index in [2.05, 4.69) is 98.8 Å². The van der Waals surface area contributed by atoms with Crippen molar-refractivity contribution in [3.8, 4) is 22.4 Å². The van der Waals surface area contributed by atoms with Crippen molar-refractivity contribution < 1.29 is 0 Å². The lowest BCUT2D eigenvalue weighted by molar-refractivity contribution is 0.826. The van der Waals surface area contributed by atoms with Crippen LogP contribution < -0.4 is 0 Å². The average Bonchev–Trinajstić information content (AvgIpc) is 2.77. The molecule has 5 aromatic rings. The molecule has 0 spiro atoms. The molecular formula is C27H22N2. The van der Waals surface area contributed by atoms with Crippen molar-refractivity contribution in [3.63, 3.8) is 0 Å².